The Labute approximate surface area is 151 Å². The predicted octanol–water partition coefficient (Wildman–Crippen LogP) is 4.17. The van der Waals surface area contributed by atoms with Crippen molar-refractivity contribution in [2.45, 2.75) is 6.92 Å². The number of carbonyl (C=O) groups excluding carboxylic acids is 2. The summed E-state index contributed by atoms with van der Waals surface area (Å²) in [4.78, 5) is 23.9. The number of fused-ring (bicyclic) bond motifs is 1. The smallest absolute Gasteiger partial charge is 0.248 e. The van der Waals surface area contributed by atoms with Crippen molar-refractivity contribution in [2.75, 3.05) is 12.1 Å². The lowest BCUT2D eigenvalue weighted by molar-refractivity contribution is -0.111. The maximum absolute atomic E-state index is 13.7. The molecule has 5 nitrogen and oxygen atoms in total. The van der Waals surface area contributed by atoms with Crippen LogP contribution in [0.1, 0.15) is 22.8 Å². The monoisotopic (exact) mass is 405 g/mol. The van der Waals surface area contributed by atoms with Crippen molar-refractivity contribution in [1.29, 1.82) is 0 Å². The molecule has 3 rings (SSSR count). The zero-order chi connectivity index (χ0) is 18.0. The van der Waals surface area contributed by atoms with Crippen molar-refractivity contribution in [3.63, 3.8) is 0 Å². The maximum atomic E-state index is 13.7. The molecule has 1 aliphatic heterocycles. The lowest BCUT2D eigenvalue weighted by Gasteiger charge is -2.09. The highest BCUT2D eigenvalue weighted by molar-refractivity contribution is 9.10. The van der Waals surface area contributed by atoms with Gasteiger partial charge in [-0.2, -0.15) is 0 Å². The number of halogens is 2. The quantitative estimate of drug-likeness (QED) is 0.612. The third-order valence-corrected chi connectivity index (χ3v) is 4.02. The summed E-state index contributed by atoms with van der Waals surface area (Å²) < 4.78 is 24.9. The fourth-order valence-corrected chi connectivity index (χ4v) is 2.70. The van der Waals surface area contributed by atoms with E-state index in [9.17, 15) is 14.0 Å². The van der Waals surface area contributed by atoms with Crippen LogP contribution in [-0.2, 0) is 4.79 Å². The Balaban J connectivity index is 1.82. The largest absolute Gasteiger partial charge is 0.454 e. The topological polar surface area (TPSA) is 64.6 Å². The van der Waals surface area contributed by atoms with E-state index in [1.54, 1.807) is 12.1 Å². The van der Waals surface area contributed by atoms with Crippen molar-refractivity contribution in [3.05, 3.63) is 57.8 Å². The Morgan fingerprint density at radius 2 is 1.92 bits per heavy atom. The number of nitrogens with one attached hydrogen (secondary N) is 1. The van der Waals surface area contributed by atoms with Gasteiger partial charge in [0.05, 0.1) is 5.69 Å². The van der Waals surface area contributed by atoms with Crippen molar-refractivity contribution in [3.8, 4) is 11.5 Å². The third-order valence-electron chi connectivity index (χ3n) is 3.52. The van der Waals surface area contributed by atoms with Crippen molar-refractivity contribution >= 4 is 39.4 Å². The van der Waals surface area contributed by atoms with Crippen molar-refractivity contribution < 1.29 is 23.5 Å². The SMILES string of the molecule is CC(=O)c1cc2c(cc1NC(=O)/C=C/c1cc(Br)ccc1F)OCO2. The lowest BCUT2D eigenvalue weighted by atomic mass is 10.1. The van der Waals surface area contributed by atoms with Gasteiger partial charge in [-0.05, 0) is 37.3 Å². The molecule has 2 aromatic carbocycles. The Kier molecular flexibility index (Phi) is 4.85. The molecule has 0 radical (unpaired) electrons. The van der Waals surface area contributed by atoms with Crippen LogP contribution in [0.2, 0.25) is 0 Å². The number of Topliss-reactive ketones (excluding diaryl/α,β-unsaturated/α-hetero) is 1. The molecule has 0 atom stereocenters. The molecule has 128 valence electrons. The minimum Gasteiger partial charge on any atom is -0.454 e. The Bertz CT molecular complexity index is 895. The zero-order valence-corrected chi connectivity index (χ0v) is 14.7. The average Bonchev–Trinajstić information content (AvgIpc) is 3.02. The molecule has 2 aromatic rings. The van der Waals surface area contributed by atoms with Crippen LogP contribution in [0.15, 0.2) is 40.9 Å². The molecule has 0 aromatic heterocycles. The Morgan fingerprint density at radius 1 is 1.20 bits per heavy atom. The van der Waals surface area contributed by atoms with Gasteiger partial charge in [-0.3, -0.25) is 9.59 Å². The van der Waals surface area contributed by atoms with Gasteiger partial charge in [0.1, 0.15) is 5.82 Å². The summed E-state index contributed by atoms with van der Waals surface area (Å²) in [6, 6.07) is 7.48. The average molecular weight is 406 g/mol. The second kappa shape index (κ2) is 7.06. The molecular weight excluding hydrogens is 393 g/mol. The van der Waals surface area contributed by atoms with E-state index in [1.165, 1.54) is 37.3 Å². The van der Waals surface area contributed by atoms with E-state index in [-0.39, 0.29) is 18.1 Å². The van der Waals surface area contributed by atoms with Crippen LogP contribution < -0.4 is 14.8 Å². The fraction of sp³-hybridized carbons (Fsp3) is 0.111. The number of hydrogen-bond donors (Lipinski definition) is 1. The highest BCUT2D eigenvalue weighted by Gasteiger charge is 2.20. The van der Waals surface area contributed by atoms with Crippen LogP contribution >= 0.6 is 15.9 Å². The zero-order valence-electron chi connectivity index (χ0n) is 13.1. The summed E-state index contributed by atoms with van der Waals surface area (Å²) >= 11 is 3.25. The molecule has 0 saturated heterocycles. The van der Waals surface area contributed by atoms with Crippen LogP contribution in [0.4, 0.5) is 10.1 Å². The molecule has 0 saturated carbocycles. The van der Waals surface area contributed by atoms with E-state index in [0.29, 0.717) is 27.2 Å². The van der Waals surface area contributed by atoms with Gasteiger partial charge in [0.2, 0.25) is 12.7 Å². The minimum atomic E-state index is -0.499. The minimum absolute atomic E-state index is 0.0616. The molecule has 1 heterocycles. The summed E-state index contributed by atoms with van der Waals surface area (Å²) in [5.74, 6) is -0.270. The number of carbonyl (C=O) groups is 2. The van der Waals surface area contributed by atoms with Gasteiger partial charge in [0, 0.05) is 27.7 Å². The standard InChI is InChI=1S/C18H13BrFNO4/c1-10(22)13-7-16-17(25-9-24-16)8-15(13)21-18(23)5-2-11-6-12(19)3-4-14(11)20/h2-8H,9H2,1H3,(H,21,23)/b5-2+. The van der Waals surface area contributed by atoms with E-state index < -0.39 is 11.7 Å². The van der Waals surface area contributed by atoms with Gasteiger partial charge in [0.15, 0.2) is 17.3 Å². The second-order valence-electron chi connectivity index (χ2n) is 5.30. The summed E-state index contributed by atoms with van der Waals surface area (Å²) in [5, 5.41) is 2.61. The highest BCUT2D eigenvalue weighted by Crippen LogP contribution is 2.37. The van der Waals surface area contributed by atoms with Gasteiger partial charge in [-0.25, -0.2) is 4.39 Å². The van der Waals surface area contributed by atoms with Crippen LogP contribution in [0, 0.1) is 5.82 Å². The molecular formula is C18H13BrFNO4. The van der Waals surface area contributed by atoms with E-state index in [0.717, 1.165) is 0 Å². The first-order valence-corrected chi connectivity index (χ1v) is 8.12. The summed E-state index contributed by atoms with van der Waals surface area (Å²) in [5.41, 5.74) is 0.878. The molecule has 0 unspecified atom stereocenters. The summed E-state index contributed by atoms with van der Waals surface area (Å²) in [6.45, 7) is 1.45. The van der Waals surface area contributed by atoms with Gasteiger partial charge in [0.25, 0.3) is 0 Å². The number of ketones is 1. The number of benzene rings is 2. The number of ether oxygens (including phenoxy) is 2. The number of amides is 1. The van der Waals surface area contributed by atoms with Crippen molar-refractivity contribution in [1.82, 2.24) is 0 Å². The molecule has 7 heteroatoms. The molecule has 0 fully saturated rings. The van der Waals surface area contributed by atoms with Crippen LogP contribution in [0.5, 0.6) is 11.5 Å². The lowest BCUT2D eigenvalue weighted by Crippen LogP contribution is -2.11. The molecule has 1 aliphatic rings. The third kappa shape index (κ3) is 3.88. The fourth-order valence-electron chi connectivity index (χ4n) is 2.32. The number of rotatable bonds is 4. The van der Waals surface area contributed by atoms with Gasteiger partial charge >= 0.3 is 0 Å². The molecule has 25 heavy (non-hydrogen) atoms. The summed E-state index contributed by atoms with van der Waals surface area (Å²) in [7, 11) is 0. The molecule has 0 bridgehead atoms. The maximum Gasteiger partial charge on any atom is 0.248 e. The Hall–Kier alpha value is -2.67. The van der Waals surface area contributed by atoms with Crippen molar-refractivity contribution in [2.24, 2.45) is 0 Å². The predicted molar refractivity (Wildman–Crippen MR) is 94.3 cm³/mol. The number of anilines is 1. The van der Waals surface area contributed by atoms with Gasteiger partial charge in [-0.15, -0.1) is 0 Å². The van der Waals surface area contributed by atoms with Crippen LogP contribution in [0.3, 0.4) is 0 Å². The van der Waals surface area contributed by atoms with Crippen LogP contribution in [-0.4, -0.2) is 18.5 Å². The van der Waals surface area contributed by atoms with E-state index in [1.807, 2.05) is 0 Å². The normalized spacial score (nSPS) is 12.4. The van der Waals surface area contributed by atoms with Gasteiger partial charge < -0.3 is 14.8 Å². The first-order valence-electron chi connectivity index (χ1n) is 7.33. The molecule has 1 amide bonds. The molecule has 0 aliphatic carbocycles. The van der Waals surface area contributed by atoms with E-state index in [4.69, 9.17) is 9.47 Å². The molecule has 0 spiro atoms. The highest BCUT2D eigenvalue weighted by atomic mass is 79.9. The second-order valence-corrected chi connectivity index (χ2v) is 6.21. The van der Waals surface area contributed by atoms with Crippen LogP contribution in [0.25, 0.3) is 6.08 Å². The van der Waals surface area contributed by atoms with Gasteiger partial charge in [-0.1, -0.05) is 15.9 Å². The number of hydrogen-bond acceptors (Lipinski definition) is 4. The summed E-state index contributed by atoms with van der Waals surface area (Å²) in [6.07, 6.45) is 2.55. The molecule has 1 N–H and O–H groups in total. The first-order chi connectivity index (χ1) is 11.9. The van der Waals surface area contributed by atoms with E-state index in [2.05, 4.69) is 21.2 Å². The first kappa shape index (κ1) is 17.2. The Morgan fingerprint density at radius 3 is 2.64 bits per heavy atom. The van der Waals surface area contributed by atoms with E-state index >= 15 is 0 Å².